The predicted molar refractivity (Wildman–Crippen MR) is 49.1 cm³/mol. The molecule has 0 rings (SSSR count). The minimum Gasteiger partial charge on any atom is -0.469 e. The number of ether oxygens (including phenoxy) is 1. The zero-order valence-corrected chi connectivity index (χ0v) is 8.69. The summed E-state index contributed by atoms with van der Waals surface area (Å²) in [6.07, 6.45) is 0.954. The largest absolute Gasteiger partial charge is 0.469 e. The number of carbonyl (C=O) groups is 1. The first-order valence-electron chi connectivity index (χ1n) is 3.28. The maximum absolute atomic E-state index is 11.0. The topological polar surface area (TPSA) is 60.4 Å². The van der Waals surface area contributed by atoms with E-state index in [0.717, 1.165) is 6.26 Å². The number of methoxy groups -OCH3 is 1. The molecule has 6 heteroatoms. The van der Waals surface area contributed by atoms with Gasteiger partial charge in [0.2, 0.25) is 0 Å². The molecule has 0 bridgehead atoms. The summed E-state index contributed by atoms with van der Waals surface area (Å²) in [4.78, 5) is 10.7. The molecule has 0 amide bonds. The highest BCUT2D eigenvalue weighted by atomic mass is 32.2. The molecule has 0 aliphatic heterocycles. The molecule has 0 fully saturated rings. The zero-order chi connectivity index (χ0) is 9.78. The molecule has 0 spiro atoms. The van der Waals surface area contributed by atoms with Crippen molar-refractivity contribution in [3.05, 3.63) is 0 Å². The molecule has 0 N–H and O–H groups in total. The molecule has 0 aliphatic rings. The fourth-order valence-electron chi connectivity index (χ4n) is 0.621. The van der Waals surface area contributed by atoms with Gasteiger partial charge in [0, 0.05) is 12.0 Å². The molecule has 0 radical (unpaired) electrons. The minimum absolute atomic E-state index is 0.126. The number of esters is 1. The van der Waals surface area contributed by atoms with Gasteiger partial charge in [0.25, 0.3) is 0 Å². The van der Waals surface area contributed by atoms with Crippen LogP contribution < -0.4 is 0 Å². The van der Waals surface area contributed by atoms with Gasteiger partial charge in [-0.2, -0.15) is 12.6 Å². The summed E-state index contributed by atoms with van der Waals surface area (Å²) in [5.74, 6) is -0.395. The Morgan fingerprint density at radius 1 is 1.58 bits per heavy atom. The van der Waals surface area contributed by atoms with Crippen LogP contribution in [0.4, 0.5) is 0 Å². The molecule has 4 nitrogen and oxygen atoms in total. The lowest BCUT2D eigenvalue weighted by Gasteiger charge is -2.09. The Morgan fingerprint density at radius 2 is 2.08 bits per heavy atom. The minimum atomic E-state index is -3.20. The molecule has 1 unspecified atom stereocenters. The number of rotatable bonds is 4. The summed E-state index contributed by atoms with van der Waals surface area (Å²) in [5.41, 5.74) is 0. The first kappa shape index (κ1) is 11.8. The van der Waals surface area contributed by atoms with Crippen molar-refractivity contribution in [3.8, 4) is 0 Å². The van der Waals surface area contributed by atoms with Crippen molar-refractivity contribution in [3.63, 3.8) is 0 Å². The van der Waals surface area contributed by atoms with E-state index in [0.29, 0.717) is 0 Å². The SMILES string of the molecule is COC(=O)CC(CS)S(C)(=O)=O. The Hall–Kier alpha value is -0.230. The third kappa shape index (κ3) is 3.96. The maximum Gasteiger partial charge on any atom is 0.306 e. The zero-order valence-electron chi connectivity index (χ0n) is 6.98. The molecule has 0 aromatic rings. The number of carbonyl (C=O) groups excluding carboxylic acids is 1. The van der Waals surface area contributed by atoms with Crippen LogP contribution >= 0.6 is 12.6 Å². The van der Waals surface area contributed by atoms with Crippen LogP contribution in [0.1, 0.15) is 6.42 Å². The monoisotopic (exact) mass is 212 g/mol. The maximum atomic E-state index is 11.0. The van der Waals surface area contributed by atoms with Gasteiger partial charge in [0.15, 0.2) is 9.84 Å². The van der Waals surface area contributed by atoms with Crippen LogP contribution in [0.25, 0.3) is 0 Å². The summed E-state index contributed by atoms with van der Waals surface area (Å²) in [5, 5.41) is -0.742. The van der Waals surface area contributed by atoms with Crippen LogP contribution in [-0.4, -0.2) is 38.8 Å². The molecule has 1 atom stereocenters. The van der Waals surface area contributed by atoms with Gasteiger partial charge < -0.3 is 4.74 Å². The van der Waals surface area contributed by atoms with E-state index in [2.05, 4.69) is 17.4 Å². The third-order valence-electron chi connectivity index (χ3n) is 1.43. The molecule has 0 saturated carbocycles. The fraction of sp³-hybridized carbons (Fsp3) is 0.833. The number of thiol groups is 1. The van der Waals surface area contributed by atoms with Crippen LogP contribution in [0.15, 0.2) is 0 Å². The first-order valence-corrected chi connectivity index (χ1v) is 5.87. The van der Waals surface area contributed by atoms with E-state index in [1.54, 1.807) is 0 Å². The number of hydrogen-bond acceptors (Lipinski definition) is 5. The molecule has 72 valence electrons. The van der Waals surface area contributed by atoms with Crippen LogP contribution in [0.3, 0.4) is 0 Å². The van der Waals surface area contributed by atoms with Crippen LogP contribution in [0, 0.1) is 0 Å². The molecule has 0 aromatic carbocycles. The van der Waals surface area contributed by atoms with Gasteiger partial charge >= 0.3 is 5.97 Å². The van der Waals surface area contributed by atoms with Gasteiger partial charge in [-0.1, -0.05) is 0 Å². The van der Waals surface area contributed by atoms with E-state index >= 15 is 0 Å². The van der Waals surface area contributed by atoms with Gasteiger partial charge in [-0.25, -0.2) is 8.42 Å². The Labute approximate surface area is 77.6 Å². The van der Waals surface area contributed by atoms with E-state index < -0.39 is 21.1 Å². The highest BCUT2D eigenvalue weighted by Crippen LogP contribution is 2.07. The number of sulfone groups is 1. The second-order valence-corrected chi connectivity index (χ2v) is 5.11. The molecular weight excluding hydrogens is 200 g/mol. The third-order valence-corrected chi connectivity index (χ3v) is 3.66. The van der Waals surface area contributed by atoms with E-state index in [-0.39, 0.29) is 12.2 Å². The quantitative estimate of drug-likeness (QED) is 0.522. The van der Waals surface area contributed by atoms with E-state index in [4.69, 9.17) is 0 Å². The van der Waals surface area contributed by atoms with Gasteiger partial charge in [-0.15, -0.1) is 0 Å². The first-order chi connectivity index (χ1) is 5.41. The smallest absolute Gasteiger partial charge is 0.306 e. The Bertz CT molecular complexity index is 244. The van der Waals surface area contributed by atoms with Crippen LogP contribution in [-0.2, 0) is 19.4 Å². The van der Waals surface area contributed by atoms with Gasteiger partial charge in [0.1, 0.15) is 0 Å². The highest BCUT2D eigenvalue weighted by Gasteiger charge is 2.22. The Morgan fingerprint density at radius 3 is 2.33 bits per heavy atom. The van der Waals surface area contributed by atoms with Crippen molar-refractivity contribution >= 4 is 28.4 Å². The van der Waals surface area contributed by atoms with Crippen molar-refractivity contribution in [1.29, 1.82) is 0 Å². The van der Waals surface area contributed by atoms with Crippen LogP contribution in [0.2, 0.25) is 0 Å². The van der Waals surface area contributed by atoms with Gasteiger partial charge in [0.05, 0.1) is 18.8 Å². The highest BCUT2D eigenvalue weighted by molar-refractivity contribution is 7.92. The van der Waals surface area contributed by atoms with E-state index in [1.807, 2.05) is 0 Å². The summed E-state index contributed by atoms with van der Waals surface area (Å²) in [6, 6.07) is 0. The molecule has 0 aromatic heterocycles. The van der Waals surface area contributed by atoms with Crippen molar-refractivity contribution < 1.29 is 17.9 Å². The van der Waals surface area contributed by atoms with Crippen molar-refractivity contribution in [2.24, 2.45) is 0 Å². The number of hydrogen-bond donors (Lipinski definition) is 1. The average molecular weight is 212 g/mol. The Kier molecular flexibility index (Phi) is 4.62. The summed E-state index contributed by atoms with van der Waals surface area (Å²) >= 11 is 3.84. The molecule has 0 saturated heterocycles. The fourth-order valence-corrected chi connectivity index (χ4v) is 2.27. The molecule has 0 heterocycles. The summed E-state index contributed by atoms with van der Waals surface area (Å²) in [7, 11) is -1.97. The Balaban J connectivity index is 4.30. The lowest BCUT2D eigenvalue weighted by atomic mass is 10.3. The van der Waals surface area contributed by atoms with Crippen molar-refractivity contribution in [2.75, 3.05) is 19.1 Å². The summed E-state index contributed by atoms with van der Waals surface area (Å²) in [6.45, 7) is 0. The lowest BCUT2D eigenvalue weighted by molar-refractivity contribution is -0.140. The second kappa shape index (κ2) is 4.71. The van der Waals surface area contributed by atoms with Crippen molar-refractivity contribution in [2.45, 2.75) is 11.7 Å². The second-order valence-electron chi connectivity index (χ2n) is 2.41. The normalized spacial score (nSPS) is 13.9. The molecule has 12 heavy (non-hydrogen) atoms. The van der Waals surface area contributed by atoms with E-state index in [1.165, 1.54) is 7.11 Å². The molecule has 0 aliphatic carbocycles. The summed E-state index contributed by atoms with van der Waals surface area (Å²) < 4.78 is 26.3. The van der Waals surface area contributed by atoms with Gasteiger partial charge in [-0.05, 0) is 0 Å². The van der Waals surface area contributed by atoms with Crippen LogP contribution in [0.5, 0.6) is 0 Å². The predicted octanol–water partition coefficient (Wildman–Crippen LogP) is -0.108. The average Bonchev–Trinajstić information content (AvgIpc) is 1.97. The molecular formula is C6H12O4S2. The lowest BCUT2D eigenvalue weighted by Crippen LogP contribution is -2.25. The standard InChI is InChI=1S/C6H12O4S2/c1-10-6(7)3-5(4-11)12(2,8)9/h5,11H,3-4H2,1-2H3. The van der Waals surface area contributed by atoms with Crippen molar-refractivity contribution in [1.82, 2.24) is 0 Å². The van der Waals surface area contributed by atoms with Gasteiger partial charge in [-0.3, -0.25) is 4.79 Å². The van der Waals surface area contributed by atoms with E-state index in [9.17, 15) is 13.2 Å².